The van der Waals surface area contributed by atoms with Crippen LogP contribution in [0.1, 0.15) is 11.1 Å². The van der Waals surface area contributed by atoms with Crippen molar-refractivity contribution in [2.24, 2.45) is 0 Å². The van der Waals surface area contributed by atoms with Gasteiger partial charge < -0.3 is 4.43 Å². The van der Waals surface area contributed by atoms with Crippen LogP contribution in [-0.2, 0) is 4.43 Å². The molecular weight excluding hydrogens is 212 g/mol. The molecule has 2 heteroatoms. The lowest BCUT2D eigenvalue weighted by Crippen LogP contribution is -1.82. The van der Waals surface area contributed by atoms with E-state index >= 15 is 0 Å². The molecule has 0 bridgehead atoms. The van der Waals surface area contributed by atoms with Crippen LogP contribution in [0.15, 0.2) is 43.0 Å². The van der Waals surface area contributed by atoms with Gasteiger partial charge in [-0.1, -0.05) is 49.1 Å². The molecule has 0 amide bonds. The van der Waals surface area contributed by atoms with E-state index < -0.39 is 0 Å². The Kier molecular flexibility index (Phi) is 4.96. The zero-order valence-corrected chi connectivity index (χ0v) is 10.7. The van der Waals surface area contributed by atoms with Gasteiger partial charge in [0.1, 0.15) is 0 Å². The Morgan fingerprint density at radius 1 is 1.19 bits per heavy atom. The second-order valence-electron chi connectivity index (χ2n) is 3.41. The molecule has 0 fully saturated rings. The summed E-state index contributed by atoms with van der Waals surface area (Å²) < 4.78 is 4.06. The van der Waals surface area contributed by atoms with Crippen LogP contribution < -0.4 is 0 Å². The molecule has 3 radical (unpaired) electrons. The molecule has 0 N–H and O–H groups in total. The number of hydrogen-bond acceptors (Lipinski definition) is 1. The van der Waals surface area contributed by atoms with Crippen LogP contribution in [-0.4, -0.2) is 17.6 Å². The minimum absolute atomic E-state index is 1.22. The van der Waals surface area contributed by atoms with E-state index in [-0.39, 0.29) is 0 Å². The molecule has 81 valence electrons. The maximum Gasteiger partial charge on any atom is 0.245 e. The molecular formula is C14H15OSi. The van der Waals surface area contributed by atoms with E-state index in [9.17, 15) is 0 Å². The molecule has 0 spiro atoms. The second kappa shape index (κ2) is 6.25. The normalized spacial score (nSPS) is 9.44. The van der Waals surface area contributed by atoms with Crippen LogP contribution in [0.4, 0.5) is 0 Å². The molecule has 0 atom stereocenters. The summed E-state index contributed by atoms with van der Waals surface area (Å²) in [5, 5.41) is 2.62. The van der Waals surface area contributed by atoms with Gasteiger partial charge in [-0.05, 0) is 28.8 Å². The number of benzene rings is 2. The van der Waals surface area contributed by atoms with Crippen molar-refractivity contribution >= 4 is 27.3 Å². The summed E-state index contributed by atoms with van der Waals surface area (Å²) in [5.74, 6) is 0. The van der Waals surface area contributed by atoms with Crippen LogP contribution in [0.5, 0.6) is 0 Å². The Labute approximate surface area is 100 Å². The van der Waals surface area contributed by atoms with Crippen molar-refractivity contribution in [3.63, 3.8) is 0 Å². The van der Waals surface area contributed by atoms with Gasteiger partial charge in [0, 0.05) is 7.11 Å². The molecule has 0 saturated carbocycles. The lowest BCUT2D eigenvalue weighted by atomic mass is 10.0. The average molecular weight is 227 g/mol. The highest BCUT2D eigenvalue weighted by Gasteiger charge is 1.98. The van der Waals surface area contributed by atoms with Crippen molar-refractivity contribution in [1.82, 2.24) is 0 Å². The minimum Gasteiger partial charge on any atom is -0.422 e. The summed E-state index contributed by atoms with van der Waals surface area (Å²) >= 11 is 0. The summed E-state index contributed by atoms with van der Waals surface area (Å²) in [7, 11) is 4.22. The summed E-state index contributed by atoms with van der Waals surface area (Å²) in [6.07, 6.45) is 1.90. The highest BCUT2D eigenvalue weighted by molar-refractivity contribution is 5.97. The number of hydrogen-bond donors (Lipinski definition) is 0. The first-order valence-electron chi connectivity index (χ1n) is 5.05. The van der Waals surface area contributed by atoms with Gasteiger partial charge >= 0.3 is 0 Å². The van der Waals surface area contributed by atoms with Gasteiger partial charge in [-0.15, -0.1) is 0 Å². The molecule has 1 nitrogen and oxygen atoms in total. The fourth-order valence-corrected chi connectivity index (χ4v) is 1.67. The summed E-state index contributed by atoms with van der Waals surface area (Å²) in [6.45, 7) is 5.94. The lowest BCUT2D eigenvalue weighted by Gasteiger charge is -2.04. The molecule has 0 heterocycles. The lowest BCUT2D eigenvalue weighted by molar-refractivity contribution is 0.460. The Balaban J connectivity index is 0.000000386. The molecule has 16 heavy (non-hydrogen) atoms. The van der Waals surface area contributed by atoms with Crippen LogP contribution in [0.2, 0.25) is 0 Å². The molecule has 2 aromatic rings. The fraction of sp³-hybridized carbons (Fsp3) is 0.143. The van der Waals surface area contributed by atoms with E-state index in [1.807, 2.05) is 6.08 Å². The summed E-state index contributed by atoms with van der Waals surface area (Å²) in [4.78, 5) is 0. The second-order valence-corrected chi connectivity index (χ2v) is 3.82. The van der Waals surface area contributed by atoms with E-state index in [1.54, 1.807) is 0 Å². The zero-order chi connectivity index (χ0) is 12.0. The van der Waals surface area contributed by atoms with Crippen LogP contribution >= 0.6 is 0 Å². The Morgan fingerprint density at radius 3 is 2.44 bits per heavy atom. The van der Waals surface area contributed by atoms with E-state index in [2.05, 4.69) is 64.8 Å². The standard InChI is InChI=1S/C13H12.CH3OSi/c1-3-11-8-9-12-6-4-5-7-13(12)10(11)2;1-2-3/h3-9H,1H2,2H3;1H3. The first kappa shape index (κ1) is 12.7. The highest BCUT2D eigenvalue weighted by atomic mass is 28.2. The third-order valence-electron chi connectivity index (χ3n) is 2.46. The predicted octanol–water partition coefficient (Wildman–Crippen LogP) is 3.51. The zero-order valence-electron chi connectivity index (χ0n) is 9.66. The van der Waals surface area contributed by atoms with Gasteiger partial charge in [0.25, 0.3) is 0 Å². The predicted molar refractivity (Wildman–Crippen MR) is 71.5 cm³/mol. The van der Waals surface area contributed by atoms with E-state index in [0.717, 1.165) is 0 Å². The first-order chi connectivity index (χ1) is 7.74. The molecule has 0 aliphatic carbocycles. The van der Waals surface area contributed by atoms with Crippen molar-refractivity contribution in [2.75, 3.05) is 7.11 Å². The van der Waals surface area contributed by atoms with Gasteiger partial charge in [0.2, 0.25) is 10.5 Å². The molecule has 0 saturated heterocycles. The molecule has 0 aliphatic rings. The summed E-state index contributed by atoms with van der Waals surface area (Å²) in [5.41, 5.74) is 2.53. The maximum absolute atomic E-state index is 4.06. The minimum atomic E-state index is 1.22. The topological polar surface area (TPSA) is 9.23 Å². The Hall–Kier alpha value is -1.38. The quantitative estimate of drug-likeness (QED) is 0.677. The Bertz CT molecular complexity index is 477. The smallest absolute Gasteiger partial charge is 0.245 e. The van der Waals surface area contributed by atoms with Gasteiger partial charge in [-0.25, -0.2) is 0 Å². The van der Waals surface area contributed by atoms with Gasteiger partial charge in [0.15, 0.2) is 0 Å². The molecule has 2 aromatic carbocycles. The SMILES string of the molecule is C=Cc1ccc2ccccc2c1C.CO[Si]. The van der Waals surface area contributed by atoms with Gasteiger partial charge in [-0.2, -0.15) is 0 Å². The maximum atomic E-state index is 4.06. The number of rotatable bonds is 1. The van der Waals surface area contributed by atoms with Gasteiger partial charge in [0.05, 0.1) is 0 Å². The monoisotopic (exact) mass is 227 g/mol. The van der Waals surface area contributed by atoms with Crippen molar-refractivity contribution in [2.45, 2.75) is 6.92 Å². The van der Waals surface area contributed by atoms with Crippen molar-refractivity contribution in [3.8, 4) is 0 Å². The molecule has 0 aliphatic heterocycles. The summed E-state index contributed by atoms with van der Waals surface area (Å²) in [6, 6.07) is 12.7. The van der Waals surface area contributed by atoms with Crippen LogP contribution in [0, 0.1) is 6.92 Å². The Morgan fingerprint density at radius 2 is 1.81 bits per heavy atom. The third kappa shape index (κ3) is 2.81. The number of fused-ring (bicyclic) bond motifs is 1. The molecule has 0 aromatic heterocycles. The van der Waals surface area contributed by atoms with Crippen molar-refractivity contribution < 1.29 is 4.43 Å². The largest absolute Gasteiger partial charge is 0.422 e. The van der Waals surface area contributed by atoms with E-state index in [1.165, 1.54) is 29.0 Å². The van der Waals surface area contributed by atoms with Crippen LogP contribution in [0.3, 0.4) is 0 Å². The number of aryl methyl sites for hydroxylation is 1. The third-order valence-corrected chi connectivity index (χ3v) is 2.46. The average Bonchev–Trinajstić information content (AvgIpc) is 2.31. The van der Waals surface area contributed by atoms with E-state index in [4.69, 9.17) is 0 Å². The van der Waals surface area contributed by atoms with Crippen LogP contribution in [0.25, 0.3) is 16.8 Å². The van der Waals surface area contributed by atoms with E-state index in [0.29, 0.717) is 0 Å². The fourth-order valence-electron chi connectivity index (χ4n) is 1.67. The first-order valence-corrected chi connectivity index (χ1v) is 5.46. The van der Waals surface area contributed by atoms with Crippen molar-refractivity contribution in [1.29, 1.82) is 0 Å². The molecule has 0 unspecified atom stereocenters. The highest BCUT2D eigenvalue weighted by Crippen LogP contribution is 2.21. The van der Waals surface area contributed by atoms with Gasteiger partial charge in [-0.3, -0.25) is 0 Å². The van der Waals surface area contributed by atoms with Crippen molar-refractivity contribution in [3.05, 3.63) is 54.1 Å². The molecule has 2 rings (SSSR count).